The Labute approximate surface area is 125 Å². The largest absolute Gasteiger partial charge is 0.382 e. The Morgan fingerprint density at radius 2 is 1.41 bits per heavy atom. The Morgan fingerprint density at radius 1 is 0.864 bits per heavy atom. The number of nitrogen functional groups attached to an aromatic ring is 2. The molecule has 0 aromatic carbocycles. The lowest BCUT2D eigenvalue weighted by Gasteiger charge is -2.07. The molecule has 2 amide bonds. The van der Waals surface area contributed by atoms with Gasteiger partial charge in [0.15, 0.2) is 23.0 Å². The van der Waals surface area contributed by atoms with Gasteiger partial charge in [-0.15, -0.1) is 0 Å². The summed E-state index contributed by atoms with van der Waals surface area (Å²) in [6.45, 7) is 0. The maximum absolute atomic E-state index is 11.7. The fourth-order valence-electron chi connectivity index (χ4n) is 1.63. The second kappa shape index (κ2) is 5.99. The molecule has 0 radical (unpaired) electrons. The van der Waals surface area contributed by atoms with Crippen molar-refractivity contribution in [1.82, 2.24) is 30.6 Å². The molecule has 0 aliphatic carbocycles. The molecule has 0 spiro atoms. The second-order valence-electron chi connectivity index (χ2n) is 4.14. The van der Waals surface area contributed by atoms with Gasteiger partial charge in [-0.2, -0.15) is 0 Å². The first-order chi connectivity index (χ1) is 10.5. The normalized spacial score (nSPS) is 10.1. The summed E-state index contributed by atoms with van der Waals surface area (Å²) in [7, 11) is 2.91. The molecular formula is C12H14N8O2. The molecule has 0 aliphatic rings. The van der Waals surface area contributed by atoms with Gasteiger partial charge < -0.3 is 22.1 Å². The van der Waals surface area contributed by atoms with Crippen molar-refractivity contribution >= 4 is 23.5 Å². The lowest BCUT2D eigenvalue weighted by atomic mass is 10.3. The SMILES string of the molecule is CNC(=O)c1ncc(-c2cnc(N)c(C(=O)NC)n2)nc1N. The van der Waals surface area contributed by atoms with Crippen molar-refractivity contribution < 1.29 is 9.59 Å². The maximum atomic E-state index is 11.7. The van der Waals surface area contributed by atoms with E-state index >= 15 is 0 Å². The first-order valence-electron chi connectivity index (χ1n) is 6.17. The molecule has 10 nitrogen and oxygen atoms in total. The van der Waals surface area contributed by atoms with E-state index in [1.54, 1.807) is 0 Å². The van der Waals surface area contributed by atoms with E-state index in [-0.39, 0.29) is 34.4 Å². The Balaban J connectivity index is 2.47. The highest BCUT2D eigenvalue weighted by Gasteiger charge is 2.16. The minimum absolute atomic E-state index is 0.00109. The zero-order chi connectivity index (χ0) is 16.3. The molecule has 2 rings (SSSR count). The summed E-state index contributed by atoms with van der Waals surface area (Å²) in [5.41, 5.74) is 11.8. The van der Waals surface area contributed by atoms with Crippen LogP contribution in [0.4, 0.5) is 11.6 Å². The molecule has 2 aromatic heterocycles. The van der Waals surface area contributed by atoms with Crippen LogP contribution in [0.2, 0.25) is 0 Å². The monoisotopic (exact) mass is 302 g/mol. The van der Waals surface area contributed by atoms with Crippen molar-refractivity contribution in [2.45, 2.75) is 0 Å². The first-order valence-corrected chi connectivity index (χ1v) is 6.17. The standard InChI is InChI=1S/C12H14N8O2/c1-15-11(21)7-10(14)20-6(3-17-7)5-4-18-9(13)8(19-5)12(22)16-2/h3-4H,1-2H3,(H2,13,18)(H2,14,20)(H,15,21)(H,16,22). The van der Waals surface area contributed by atoms with E-state index in [1.165, 1.54) is 26.5 Å². The summed E-state index contributed by atoms with van der Waals surface area (Å²) < 4.78 is 0. The van der Waals surface area contributed by atoms with E-state index < -0.39 is 11.8 Å². The molecule has 2 aromatic rings. The number of carbonyl (C=O) groups excluding carboxylic acids is 2. The summed E-state index contributed by atoms with van der Waals surface area (Å²) in [4.78, 5) is 39.2. The lowest BCUT2D eigenvalue weighted by Crippen LogP contribution is -2.22. The Kier molecular flexibility index (Phi) is 4.11. The summed E-state index contributed by atoms with van der Waals surface area (Å²) in [6.07, 6.45) is 2.65. The van der Waals surface area contributed by atoms with Gasteiger partial charge in [-0.25, -0.2) is 19.9 Å². The highest BCUT2D eigenvalue weighted by molar-refractivity contribution is 5.97. The fourth-order valence-corrected chi connectivity index (χ4v) is 1.63. The molecular weight excluding hydrogens is 288 g/mol. The number of nitrogens with zero attached hydrogens (tertiary/aromatic N) is 4. The van der Waals surface area contributed by atoms with Crippen molar-refractivity contribution in [3.05, 3.63) is 23.8 Å². The van der Waals surface area contributed by atoms with Crippen LogP contribution >= 0.6 is 0 Å². The molecule has 6 N–H and O–H groups in total. The topological polar surface area (TPSA) is 162 Å². The Bertz CT molecular complexity index is 746. The molecule has 0 saturated carbocycles. The minimum Gasteiger partial charge on any atom is -0.382 e. The van der Waals surface area contributed by atoms with E-state index in [1.807, 2.05) is 0 Å². The molecule has 10 heteroatoms. The number of rotatable bonds is 3. The van der Waals surface area contributed by atoms with Crippen molar-refractivity contribution in [2.24, 2.45) is 0 Å². The van der Waals surface area contributed by atoms with Gasteiger partial charge in [-0.05, 0) is 0 Å². The number of nitrogens with one attached hydrogen (secondary N) is 2. The molecule has 0 unspecified atom stereocenters. The molecule has 2 heterocycles. The van der Waals surface area contributed by atoms with Gasteiger partial charge in [0.25, 0.3) is 11.8 Å². The molecule has 0 saturated heterocycles. The van der Waals surface area contributed by atoms with E-state index in [0.29, 0.717) is 0 Å². The fraction of sp³-hybridized carbons (Fsp3) is 0.167. The summed E-state index contributed by atoms with van der Waals surface area (Å²) in [5.74, 6) is -0.997. The molecule has 0 bridgehead atoms. The number of amides is 2. The molecule has 114 valence electrons. The average Bonchev–Trinajstić information content (AvgIpc) is 2.53. The van der Waals surface area contributed by atoms with Crippen molar-refractivity contribution in [3.63, 3.8) is 0 Å². The quantitative estimate of drug-likeness (QED) is 0.550. The van der Waals surface area contributed by atoms with Crippen LogP contribution in [0.25, 0.3) is 11.4 Å². The third-order valence-corrected chi connectivity index (χ3v) is 2.75. The Morgan fingerprint density at radius 3 is 2.00 bits per heavy atom. The molecule has 0 atom stereocenters. The van der Waals surface area contributed by atoms with Crippen LogP contribution in [0.15, 0.2) is 12.4 Å². The van der Waals surface area contributed by atoms with E-state index in [4.69, 9.17) is 11.5 Å². The lowest BCUT2D eigenvalue weighted by molar-refractivity contribution is 0.0951. The van der Waals surface area contributed by atoms with Crippen LogP contribution in [-0.4, -0.2) is 45.8 Å². The van der Waals surface area contributed by atoms with Gasteiger partial charge in [0.2, 0.25) is 0 Å². The maximum Gasteiger partial charge on any atom is 0.273 e. The number of nitrogens with two attached hydrogens (primary N) is 2. The van der Waals surface area contributed by atoms with E-state index in [2.05, 4.69) is 30.6 Å². The first kappa shape index (κ1) is 15.1. The molecule has 0 fully saturated rings. The van der Waals surface area contributed by atoms with Crippen molar-refractivity contribution in [3.8, 4) is 11.4 Å². The highest BCUT2D eigenvalue weighted by Crippen LogP contribution is 2.18. The Hall–Kier alpha value is -3.30. The van der Waals surface area contributed by atoms with Crippen LogP contribution in [0, 0.1) is 0 Å². The van der Waals surface area contributed by atoms with Gasteiger partial charge in [-0.1, -0.05) is 0 Å². The summed E-state index contributed by atoms with van der Waals surface area (Å²) in [6, 6.07) is 0. The summed E-state index contributed by atoms with van der Waals surface area (Å²) >= 11 is 0. The third kappa shape index (κ3) is 2.75. The van der Waals surface area contributed by atoms with E-state index in [0.717, 1.165) is 0 Å². The predicted octanol–water partition coefficient (Wildman–Crippen LogP) is -1.18. The average molecular weight is 302 g/mol. The smallest absolute Gasteiger partial charge is 0.273 e. The van der Waals surface area contributed by atoms with Crippen LogP contribution in [0.1, 0.15) is 21.0 Å². The molecule has 0 aliphatic heterocycles. The van der Waals surface area contributed by atoms with Gasteiger partial charge in [-0.3, -0.25) is 9.59 Å². The highest BCUT2D eigenvalue weighted by atomic mass is 16.2. The van der Waals surface area contributed by atoms with Crippen LogP contribution in [0.5, 0.6) is 0 Å². The van der Waals surface area contributed by atoms with Crippen LogP contribution < -0.4 is 22.1 Å². The molecule has 22 heavy (non-hydrogen) atoms. The number of hydrogen-bond acceptors (Lipinski definition) is 8. The van der Waals surface area contributed by atoms with Crippen LogP contribution in [0.3, 0.4) is 0 Å². The number of anilines is 2. The van der Waals surface area contributed by atoms with Gasteiger partial charge in [0.05, 0.1) is 12.4 Å². The van der Waals surface area contributed by atoms with Crippen molar-refractivity contribution in [1.29, 1.82) is 0 Å². The van der Waals surface area contributed by atoms with E-state index in [9.17, 15) is 9.59 Å². The minimum atomic E-state index is -0.477. The van der Waals surface area contributed by atoms with Gasteiger partial charge in [0.1, 0.15) is 11.4 Å². The van der Waals surface area contributed by atoms with Crippen LogP contribution in [-0.2, 0) is 0 Å². The predicted molar refractivity (Wildman–Crippen MR) is 78.7 cm³/mol. The second-order valence-corrected chi connectivity index (χ2v) is 4.14. The number of hydrogen-bond donors (Lipinski definition) is 4. The zero-order valence-corrected chi connectivity index (χ0v) is 11.9. The zero-order valence-electron chi connectivity index (χ0n) is 11.9. The summed E-state index contributed by atoms with van der Waals surface area (Å²) in [5, 5.41) is 4.81. The van der Waals surface area contributed by atoms with Gasteiger partial charge >= 0.3 is 0 Å². The van der Waals surface area contributed by atoms with Gasteiger partial charge in [0, 0.05) is 14.1 Å². The number of carbonyl (C=O) groups is 2. The number of aromatic nitrogens is 4. The van der Waals surface area contributed by atoms with Crippen molar-refractivity contribution in [2.75, 3.05) is 25.6 Å². The third-order valence-electron chi connectivity index (χ3n) is 2.75.